The molecule has 2 aromatic carbocycles. The highest BCUT2D eigenvalue weighted by Gasteiger charge is 2.12. The molecule has 0 atom stereocenters. The third-order valence-electron chi connectivity index (χ3n) is 3.14. The minimum atomic E-state index is -0.637. The second kappa shape index (κ2) is 9.88. The third kappa shape index (κ3) is 6.25. The van der Waals surface area contributed by atoms with Gasteiger partial charge in [0, 0.05) is 16.0 Å². The lowest BCUT2D eigenvalue weighted by Crippen LogP contribution is -2.20. The van der Waals surface area contributed by atoms with Crippen LogP contribution < -0.4 is 5.32 Å². The molecule has 4 nitrogen and oxygen atoms in total. The van der Waals surface area contributed by atoms with Crippen molar-refractivity contribution in [2.24, 2.45) is 0 Å². The van der Waals surface area contributed by atoms with Crippen molar-refractivity contribution in [2.45, 2.75) is 4.90 Å². The Kier molecular flexibility index (Phi) is 7.85. The van der Waals surface area contributed by atoms with Gasteiger partial charge in [0.15, 0.2) is 6.61 Å². The van der Waals surface area contributed by atoms with Crippen molar-refractivity contribution < 1.29 is 14.3 Å². The van der Waals surface area contributed by atoms with Crippen molar-refractivity contribution in [2.75, 3.05) is 18.2 Å². The molecule has 0 aromatic heterocycles. The Morgan fingerprint density at radius 2 is 1.73 bits per heavy atom. The molecule has 0 aliphatic heterocycles. The highest BCUT2D eigenvalue weighted by Crippen LogP contribution is 2.33. The minimum Gasteiger partial charge on any atom is -0.452 e. The van der Waals surface area contributed by atoms with Crippen molar-refractivity contribution in [3.63, 3.8) is 0 Å². The number of thioether (sulfide) groups is 1. The van der Waals surface area contributed by atoms with Crippen LogP contribution in [-0.2, 0) is 14.3 Å². The molecule has 2 rings (SSSR count). The first-order valence-corrected chi connectivity index (χ1v) is 9.68. The summed E-state index contributed by atoms with van der Waals surface area (Å²) < 4.78 is 4.89. The molecule has 0 heterocycles. The van der Waals surface area contributed by atoms with Crippen molar-refractivity contribution in [1.82, 2.24) is 0 Å². The summed E-state index contributed by atoms with van der Waals surface area (Å²) in [6, 6.07) is 10.6. The van der Waals surface area contributed by atoms with Gasteiger partial charge in [0.1, 0.15) is 0 Å². The number of amides is 1. The van der Waals surface area contributed by atoms with E-state index in [2.05, 4.69) is 5.32 Å². The summed E-state index contributed by atoms with van der Waals surface area (Å²) in [4.78, 5) is 24.7. The Balaban J connectivity index is 1.86. The van der Waals surface area contributed by atoms with Crippen LogP contribution in [0.2, 0.25) is 15.1 Å². The molecule has 2 aromatic rings. The van der Waals surface area contributed by atoms with Gasteiger partial charge in [-0.3, -0.25) is 4.79 Å². The quantitative estimate of drug-likeness (QED) is 0.370. The van der Waals surface area contributed by atoms with Crippen molar-refractivity contribution in [3.05, 3.63) is 63.1 Å². The maximum atomic E-state index is 11.9. The molecule has 1 N–H and O–H groups in total. The molecular formula is C18H14Cl3NO3S. The second-order valence-electron chi connectivity index (χ2n) is 5.01. The van der Waals surface area contributed by atoms with E-state index >= 15 is 0 Å². The number of esters is 1. The molecule has 0 aliphatic rings. The summed E-state index contributed by atoms with van der Waals surface area (Å²) in [7, 11) is 0. The molecule has 0 radical (unpaired) electrons. The maximum Gasteiger partial charge on any atom is 0.331 e. The van der Waals surface area contributed by atoms with Gasteiger partial charge in [0.05, 0.1) is 15.7 Å². The van der Waals surface area contributed by atoms with Gasteiger partial charge in [0.25, 0.3) is 5.91 Å². The van der Waals surface area contributed by atoms with Crippen LogP contribution in [0, 0.1) is 0 Å². The molecule has 0 unspecified atom stereocenters. The smallest absolute Gasteiger partial charge is 0.331 e. The Morgan fingerprint density at radius 1 is 1.12 bits per heavy atom. The fourth-order valence-electron chi connectivity index (χ4n) is 1.90. The summed E-state index contributed by atoms with van der Waals surface area (Å²) in [5.41, 5.74) is 1.06. The van der Waals surface area contributed by atoms with E-state index in [9.17, 15) is 9.59 Å². The fraction of sp³-hybridized carbons (Fsp3) is 0.111. The molecule has 136 valence electrons. The molecule has 8 heteroatoms. The second-order valence-corrected chi connectivity index (χ2v) is 7.14. The number of carbonyl (C=O) groups excluding carboxylic acids is 2. The monoisotopic (exact) mass is 429 g/mol. The molecular weight excluding hydrogens is 417 g/mol. The van der Waals surface area contributed by atoms with Crippen molar-refractivity contribution >= 4 is 70.2 Å². The number of halogens is 3. The van der Waals surface area contributed by atoms with Crippen LogP contribution in [0.4, 0.5) is 5.69 Å². The molecule has 0 saturated heterocycles. The van der Waals surface area contributed by atoms with E-state index in [0.717, 1.165) is 10.5 Å². The van der Waals surface area contributed by atoms with E-state index in [4.69, 9.17) is 39.5 Å². The number of hydrogen-bond acceptors (Lipinski definition) is 4. The molecule has 0 saturated carbocycles. The van der Waals surface area contributed by atoms with Gasteiger partial charge in [-0.2, -0.15) is 0 Å². The van der Waals surface area contributed by atoms with Gasteiger partial charge >= 0.3 is 5.97 Å². The molecule has 0 fully saturated rings. The van der Waals surface area contributed by atoms with Crippen LogP contribution >= 0.6 is 46.6 Å². The highest BCUT2D eigenvalue weighted by atomic mass is 35.5. The largest absolute Gasteiger partial charge is 0.452 e. The Hall–Kier alpha value is -1.66. The molecule has 26 heavy (non-hydrogen) atoms. The van der Waals surface area contributed by atoms with Gasteiger partial charge in [0.2, 0.25) is 0 Å². The summed E-state index contributed by atoms with van der Waals surface area (Å²) in [5, 5.41) is 3.21. The van der Waals surface area contributed by atoms with Crippen LogP contribution in [0.25, 0.3) is 6.08 Å². The van der Waals surface area contributed by atoms with E-state index in [0.29, 0.717) is 5.02 Å². The zero-order valence-corrected chi connectivity index (χ0v) is 16.7. The van der Waals surface area contributed by atoms with E-state index < -0.39 is 18.5 Å². The number of nitrogens with one attached hydrogen (secondary N) is 1. The Morgan fingerprint density at radius 3 is 2.31 bits per heavy atom. The third-order valence-corrected chi connectivity index (χ3v) is 4.70. The lowest BCUT2D eigenvalue weighted by molar-refractivity contribution is -0.142. The molecule has 0 spiro atoms. The first kappa shape index (κ1) is 20.6. The van der Waals surface area contributed by atoms with Gasteiger partial charge in [-0.1, -0.05) is 46.9 Å². The van der Waals surface area contributed by atoms with Crippen LogP contribution in [0.15, 0.2) is 47.4 Å². The topological polar surface area (TPSA) is 55.4 Å². The molecule has 0 aliphatic carbocycles. The van der Waals surface area contributed by atoms with Gasteiger partial charge in [-0.05, 0) is 42.2 Å². The predicted molar refractivity (Wildman–Crippen MR) is 108 cm³/mol. The summed E-state index contributed by atoms with van der Waals surface area (Å²) in [6.45, 7) is -0.468. The number of anilines is 1. The highest BCUT2D eigenvalue weighted by molar-refractivity contribution is 7.98. The lowest BCUT2D eigenvalue weighted by atomic mass is 10.2. The van der Waals surface area contributed by atoms with Gasteiger partial charge in [-0.25, -0.2) is 4.79 Å². The zero-order chi connectivity index (χ0) is 19.1. The average Bonchev–Trinajstić information content (AvgIpc) is 2.61. The fourth-order valence-corrected chi connectivity index (χ4v) is 3.22. The first-order valence-electron chi connectivity index (χ1n) is 7.32. The SMILES string of the molecule is CSc1ccc(C=CC(=O)OCC(=O)Nc2c(Cl)cc(Cl)cc2Cl)cc1. The summed E-state index contributed by atoms with van der Waals surface area (Å²) >= 11 is 19.4. The maximum absolute atomic E-state index is 11.9. The number of carbonyl (C=O) groups is 2. The Bertz CT molecular complexity index is 815. The van der Waals surface area contributed by atoms with Crippen LogP contribution in [0.1, 0.15) is 5.56 Å². The minimum absolute atomic E-state index is 0.191. The summed E-state index contributed by atoms with van der Waals surface area (Å²) in [5.74, 6) is -1.20. The molecule has 0 bridgehead atoms. The number of hydrogen-bond donors (Lipinski definition) is 1. The molecule has 1 amide bonds. The Labute approximate surface area is 170 Å². The van der Waals surface area contributed by atoms with E-state index in [1.165, 1.54) is 18.2 Å². The van der Waals surface area contributed by atoms with Crippen LogP contribution in [0.5, 0.6) is 0 Å². The van der Waals surface area contributed by atoms with Crippen LogP contribution in [-0.4, -0.2) is 24.7 Å². The number of ether oxygens (including phenoxy) is 1. The summed E-state index contributed by atoms with van der Waals surface area (Å²) in [6.07, 6.45) is 4.85. The lowest BCUT2D eigenvalue weighted by Gasteiger charge is -2.09. The van der Waals surface area contributed by atoms with E-state index in [1.54, 1.807) is 17.8 Å². The van der Waals surface area contributed by atoms with Gasteiger partial charge < -0.3 is 10.1 Å². The number of rotatable bonds is 6. The first-order chi connectivity index (χ1) is 12.4. The van der Waals surface area contributed by atoms with Gasteiger partial charge in [-0.15, -0.1) is 11.8 Å². The van der Waals surface area contributed by atoms with E-state index in [-0.39, 0.29) is 15.7 Å². The average molecular weight is 431 g/mol. The van der Waals surface area contributed by atoms with Crippen molar-refractivity contribution in [3.8, 4) is 0 Å². The number of benzene rings is 2. The zero-order valence-electron chi connectivity index (χ0n) is 13.6. The van der Waals surface area contributed by atoms with E-state index in [1.807, 2.05) is 30.5 Å². The normalized spacial score (nSPS) is 10.8. The predicted octanol–water partition coefficient (Wildman–Crippen LogP) is 5.56. The van der Waals surface area contributed by atoms with Crippen molar-refractivity contribution in [1.29, 1.82) is 0 Å². The standard InChI is InChI=1S/C18H14Cl3NO3S/c1-26-13-5-2-11(3-6-13)4-7-17(24)25-10-16(23)22-18-14(20)8-12(19)9-15(18)21/h2-9H,10H2,1H3,(H,22,23). The van der Waals surface area contributed by atoms with Crippen LogP contribution in [0.3, 0.4) is 0 Å².